The third-order valence-corrected chi connectivity index (χ3v) is 6.95. The highest BCUT2D eigenvalue weighted by Gasteiger charge is 2.26. The molecule has 26 heavy (non-hydrogen) atoms. The molecule has 0 N–H and O–H groups in total. The van der Waals surface area contributed by atoms with Crippen molar-refractivity contribution in [2.24, 2.45) is 0 Å². The van der Waals surface area contributed by atoms with Gasteiger partial charge in [-0.25, -0.2) is 0 Å². The zero-order chi connectivity index (χ0) is 18.3. The molecule has 0 bridgehead atoms. The van der Waals surface area contributed by atoms with E-state index in [9.17, 15) is 4.79 Å². The van der Waals surface area contributed by atoms with Crippen LogP contribution in [-0.2, 0) is 6.54 Å². The number of thiazole rings is 1. The second-order valence-corrected chi connectivity index (χ2v) is 8.24. The Morgan fingerprint density at radius 3 is 2.77 bits per heavy atom. The Kier molecular flexibility index (Phi) is 4.65. The highest BCUT2D eigenvalue weighted by molar-refractivity contribution is 8.08. The molecule has 2 aromatic heterocycles. The first-order chi connectivity index (χ1) is 12.6. The SMILES string of the molecule is CCn1c(=O)/c(=C2\Sc3cccc(Cl)c3N2C)s/c1=C\c1ccccn1. The van der Waals surface area contributed by atoms with Crippen LogP contribution in [0.2, 0.25) is 5.02 Å². The zero-order valence-corrected chi connectivity index (χ0v) is 16.7. The molecule has 0 fully saturated rings. The number of anilines is 1. The maximum atomic E-state index is 13.0. The number of pyridine rings is 1. The number of thioether (sulfide) groups is 1. The van der Waals surface area contributed by atoms with Crippen molar-refractivity contribution >= 4 is 51.5 Å². The van der Waals surface area contributed by atoms with Crippen LogP contribution >= 0.6 is 34.7 Å². The molecule has 132 valence electrons. The molecule has 0 unspecified atom stereocenters. The standard InChI is InChI=1S/C19H16ClN3OS2/c1-3-23-15(11-12-7-4-5-10-21-12)26-17(18(23)24)19-22(2)16-13(20)8-6-9-14(16)25-19/h4-11H,3H2,1-2H3/b15-11-,19-17+. The minimum Gasteiger partial charge on any atom is -0.336 e. The van der Waals surface area contributed by atoms with Gasteiger partial charge in [0, 0.05) is 24.7 Å². The number of rotatable bonds is 2. The Hall–Kier alpha value is -2.02. The summed E-state index contributed by atoms with van der Waals surface area (Å²) >= 11 is 9.45. The van der Waals surface area contributed by atoms with Gasteiger partial charge in [-0.05, 0) is 37.3 Å². The van der Waals surface area contributed by atoms with Gasteiger partial charge in [0.2, 0.25) is 0 Å². The number of para-hydroxylation sites is 1. The Morgan fingerprint density at radius 1 is 1.23 bits per heavy atom. The summed E-state index contributed by atoms with van der Waals surface area (Å²) in [5, 5.41) is 1.62. The quantitative estimate of drug-likeness (QED) is 0.661. The van der Waals surface area contributed by atoms with Crippen LogP contribution in [-0.4, -0.2) is 16.6 Å². The van der Waals surface area contributed by atoms with E-state index in [-0.39, 0.29) is 5.56 Å². The van der Waals surface area contributed by atoms with Gasteiger partial charge in [-0.15, -0.1) is 11.3 Å². The number of hydrogen-bond acceptors (Lipinski definition) is 5. The van der Waals surface area contributed by atoms with Crippen molar-refractivity contribution in [2.45, 2.75) is 18.4 Å². The summed E-state index contributed by atoms with van der Waals surface area (Å²) in [5.41, 5.74) is 1.82. The predicted octanol–water partition coefficient (Wildman–Crippen LogP) is 3.11. The van der Waals surface area contributed by atoms with Crippen LogP contribution in [0.5, 0.6) is 0 Å². The molecule has 0 atom stereocenters. The highest BCUT2D eigenvalue weighted by Crippen LogP contribution is 2.48. The van der Waals surface area contributed by atoms with Crippen LogP contribution in [0.15, 0.2) is 52.3 Å². The fraction of sp³-hybridized carbons (Fsp3) is 0.158. The van der Waals surface area contributed by atoms with E-state index in [4.69, 9.17) is 11.6 Å². The number of benzene rings is 1. The minimum atomic E-state index is 0.0259. The van der Waals surface area contributed by atoms with Crippen molar-refractivity contribution in [3.63, 3.8) is 0 Å². The fourth-order valence-corrected chi connectivity index (χ4v) is 5.78. The van der Waals surface area contributed by atoms with Gasteiger partial charge in [-0.3, -0.25) is 14.3 Å². The normalized spacial score (nSPS) is 16.3. The lowest BCUT2D eigenvalue weighted by atomic mass is 10.3. The van der Waals surface area contributed by atoms with Crippen LogP contribution in [0.25, 0.3) is 11.1 Å². The average Bonchev–Trinajstić information content (AvgIpc) is 3.13. The molecule has 3 heterocycles. The molecule has 1 aliphatic heterocycles. The van der Waals surface area contributed by atoms with Crippen LogP contribution in [0.4, 0.5) is 5.69 Å². The molecule has 0 saturated heterocycles. The van der Waals surface area contributed by atoms with Gasteiger partial charge in [-0.2, -0.15) is 0 Å². The van der Waals surface area contributed by atoms with E-state index >= 15 is 0 Å². The maximum absolute atomic E-state index is 13.0. The van der Waals surface area contributed by atoms with Crippen molar-refractivity contribution in [2.75, 3.05) is 11.9 Å². The molecule has 4 rings (SSSR count). The van der Waals surface area contributed by atoms with Gasteiger partial charge in [-0.1, -0.05) is 35.5 Å². The Bertz CT molecular complexity index is 1150. The van der Waals surface area contributed by atoms with Crippen LogP contribution in [0.3, 0.4) is 0 Å². The summed E-state index contributed by atoms with van der Waals surface area (Å²) < 4.78 is 3.42. The topological polar surface area (TPSA) is 38.1 Å². The molecule has 7 heteroatoms. The molecule has 0 amide bonds. The number of nitrogens with zero attached hydrogens (tertiary/aromatic N) is 3. The average molecular weight is 402 g/mol. The molecule has 0 aliphatic carbocycles. The van der Waals surface area contributed by atoms with Gasteiger partial charge in [0.25, 0.3) is 5.56 Å². The minimum absolute atomic E-state index is 0.0259. The lowest BCUT2D eigenvalue weighted by Crippen LogP contribution is -2.33. The number of aromatic nitrogens is 2. The Labute approximate surface area is 164 Å². The second-order valence-electron chi connectivity index (χ2n) is 5.77. The van der Waals surface area contributed by atoms with E-state index in [0.717, 1.165) is 30.5 Å². The molecule has 0 saturated carbocycles. The van der Waals surface area contributed by atoms with Crippen LogP contribution in [0, 0.1) is 0 Å². The van der Waals surface area contributed by atoms with E-state index in [1.54, 1.807) is 22.5 Å². The van der Waals surface area contributed by atoms with Crippen LogP contribution in [0.1, 0.15) is 12.6 Å². The molecule has 3 aromatic rings. The first kappa shape index (κ1) is 17.4. The zero-order valence-electron chi connectivity index (χ0n) is 14.3. The van der Waals surface area contributed by atoms with E-state index in [0.29, 0.717) is 11.6 Å². The lowest BCUT2D eigenvalue weighted by molar-refractivity contribution is 0.722. The number of halogens is 1. The predicted molar refractivity (Wildman–Crippen MR) is 110 cm³/mol. The Balaban J connectivity index is 1.95. The van der Waals surface area contributed by atoms with Gasteiger partial charge in [0.1, 0.15) is 14.2 Å². The number of fused-ring (bicyclic) bond motifs is 1. The first-order valence-electron chi connectivity index (χ1n) is 8.17. The third-order valence-electron chi connectivity index (χ3n) is 4.18. The highest BCUT2D eigenvalue weighted by atomic mass is 35.5. The molecular formula is C19H16ClN3OS2. The molecule has 1 aliphatic rings. The van der Waals surface area contributed by atoms with E-state index < -0.39 is 0 Å². The molecule has 0 radical (unpaired) electrons. The smallest absolute Gasteiger partial charge is 0.271 e. The lowest BCUT2D eigenvalue weighted by Gasteiger charge is -2.13. The van der Waals surface area contributed by atoms with Gasteiger partial charge in [0.15, 0.2) is 0 Å². The first-order valence-corrected chi connectivity index (χ1v) is 10.2. The maximum Gasteiger partial charge on any atom is 0.271 e. The summed E-state index contributed by atoms with van der Waals surface area (Å²) in [6.45, 7) is 2.60. The summed E-state index contributed by atoms with van der Waals surface area (Å²) in [4.78, 5) is 20.4. The Morgan fingerprint density at radius 2 is 2.08 bits per heavy atom. The van der Waals surface area contributed by atoms with Gasteiger partial charge < -0.3 is 4.90 Å². The second kappa shape index (κ2) is 6.95. The summed E-state index contributed by atoms with van der Waals surface area (Å²) in [5.74, 6) is 0. The van der Waals surface area contributed by atoms with Crippen molar-refractivity contribution in [3.8, 4) is 0 Å². The van der Waals surface area contributed by atoms with Crippen molar-refractivity contribution in [3.05, 3.63) is 72.9 Å². The largest absolute Gasteiger partial charge is 0.336 e. The van der Waals surface area contributed by atoms with Crippen molar-refractivity contribution < 1.29 is 0 Å². The van der Waals surface area contributed by atoms with E-state index in [1.807, 2.05) is 61.3 Å². The van der Waals surface area contributed by atoms with Gasteiger partial charge >= 0.3 is 0 Å². The summed E-state index contributed by atoms with van der Waals surface area (Å²) in [6, 6.07) is 11.6. The summed E-state index contributed by atoms with van der Waals surface area (Å²) in [7, 11) is 1.96. The summed E-state index contributed by atoms with van der Waals surface area (Å²) in [6.07, 6.45) is 3.71. The van der Waals surface area contributed by atoms with Crippen LogP contribution < -0.4 is 19.7 Å². The molecular weight excluding hydrogens is 386 g/mol. The van der Waals surface area contributed by atoms with Gasteiger partial charge in [0.05, 0.1) is 16.4 Å². The number of hydrogen-bond donors (Lipinski definition) is 0. The van der Waals surface area contributed by atoms with E-state index in [2.05, 4.69) is 4.98 Å². The monoisotopic (exact) mass is 401 g/mol. The molecule has 1 aromatic carbocycles. The molecule has 0 spiro atoms. The van der Waals surface area contributed by atoms with Crippen molar-refractivity contribution in [1.82, 2.24) is 9.55 Å². The third kappa shape index (κ3) is 2.88. The van der Waals surface area contributed by atoms with Crippen molar-refractivity contribution in [1.29, 1.82) is 0 Å². The molecule has 4 nitrogen and oxygen atoms in total. The fourth-order valence-electron chi connectivity index (χ4n) is 2.93. The van der Waals surface area contributed by atoms with E-state index in [1.165, 1.54) is 11.3 Å².